The molecular formula is C18H15F3INO4. The van der Waals surface area contributed by atoms with Crippen molar-refractivity contribution in [1.29, 1.82) is 0 Å². The molecule has 144 valence electrons. The summed E-state index contributed by atoms with van der Waals surface area (Å²) in [6, 6.07) is 7.67. The molecule has 0 fully saturated rings. The number of hydrogen-bond donors (Lipinski definition) is 1. The Balaban J connectivity index is 2.14. The average Bonchev–Trinajstić information content (AvgIpc) is 2.60. The average molecular weight is 493 g/mol. The number of carbonyl (C=O) groups excluding carboxylic acids is 2. The first-order valence-corrected chi connectivity index (χ1v) is 8.84. The number of rotatable bonds is 7. The van der Waals surface area contributed by atoms with Gasteiger partial charge in [-0.05, 0) is 53.8 Å². The van der Waals surface area contributed by atoms with Crippen molar-refractivity contribution >= 4 is 40.5 Å². The Bertz CT molecular complexity index is 840. The number of carbonyl (C=O) groups is 2. The van der Waals surface area contributed by atoms with Crippen molar-refractivity contribution < 1.29 is 32.2 Å². The van der Waals surface area contributed by atoms with Gasteiger partial charge in [-0.2, -0.15) is 13.2 Å². The Kier molecular flexibility index (Phi) is 7.05. The van der Waals surface area contributed by atoms with Crippen LogP contribution in [-0.2, 0) is 11.0 Å². The van der Waals surface area contributed by atoms with Gasteiger partial charge in [-0.25, -0.2) is 0 Å². The van der Waals surface area contributed by atoms with Gasteiger partial charge in [0.05, 0.1) is 21.4 Å². The van der Waals surface area contributed by atoms with Crippen LogP contribution in [0.25, 0.3) is 0 Å². The predicted octanol–water partition coefficient (Wildman–Crippen LogP) is 4.54. The SMILES string of the molecule is CCOc1cc(C=O)cc(I)c1OCC(=O)Nc1ccccc1C(F)(F)F. The molecule has 0 aliphatic carbocycles. The highest BCUT2D eigenvalue weighted by molar-refractivity contribution is 14.1. The van der Waals surface area contributed by atoms with Crippen molar-refractivity contribution in [3.05, 3.63) is 51.1 Å². The second-order valence-electron chi connectivity index (χ2n) is 5.26. The van der Waals surface area contributed by atoms with Crippen LogP contribution in [-0.4, -0.2) is 25.4 Å². The first kappa shape index (κ1) is 21.0. The van der Waals surface area contributed by atoms with Crippen molar-refractivity contribution in [2.45, 2.75) is 13.1 Å². The van der Waals surface area contributed by atoms with E-state index in [1.165, 1.54) is 18.2 Å². The molecule has 0 radical (unpaired) electrons. The minimum atomic E-state index is -4.59. The van der Waals surface area contributed by atoms with E-state index in [1.807, 2.05) is 22.6 Å². The molecule has 0 aliphatic heterocycles. The third-order valence-electron chi connectivity index (χ3n) is 3.32. The van der Waals surface area contributed by atoms with Crippen LogP contribution in [0.3, 0.4) is 0 Å². The minimum absolute atomic E-state index is 0.238. The molecule has 0 unspecified atom stereocenters. The van der Waals surface area contributed by atoms with Gasteiger partial charge >= 0.3 is 6.18 Å². The number of hydrogen-bond acceptors (Lipinski definition) is 4. The molecule has 2 aromatic carbocycles. The summed E-state index contributed by atoms with van der Waals surface area (Å²) in [4.78, 5) is 23.0. The monoisotopic (exact) mass is 493 g/mol. The number of amides is 1. The van der Waals surface area contributed by atoms with E-state index in [0.29, 0.717) is 22.0 Å². The number of anilines is 1. The van der Waals surface area contributed by atoms with Crippen molar-refractivity contribution in [2.75, 3.05) is 18.5 Å². The summed E-state index contributed by atoms with van der Waals surface area (Å²) >= 11 is 1.92. The zero-order valence-corrected chi connectivity index (χ0v) is 16.3. The van der Waals surface area contributed by atoms with E-state index in [1.54, 1.807) is 13.0 Å². The highest BCUT2D eigenvalue weighted by Gasteiger charge is 2.33. The maximum atomic E-state index is 13.0. The van der Waals surface area contributed by atoms with Crippen molar-refractivity contribution in [3.8, 4) is 11.5 Å². The maximum Gasteiger partial charge on any atom is 0.418 e. The maximum absolute atomic E-state index is 13.0. The van der Waals surface area contributed by atoms with Gasteiger partial charge in [0.2, 0.25) is 0 Å². The lowest BCUT2D eigenvalue weighted by Crippen LogP contribution is -2.22. The lowest BCUT2D eigenvalue weighted by Gasteiger charge is -2.16. The second-order valence-corrected chi connectivity index (χ2v) is 6.42. The molecule has 1 amide bonds. The number of ether oxygens (including phenoxy) is 2. The zero-order chi connectivity index (χ0) is 20.0. The van der Waals surface area contributed by atoms with Gasteiger partial charge in [0.25, 0.3) is 5.91 Å². The summed E-state index contributed by atoms with van der Waals surface area (Å²) in [5.41, 5.74) is -0.924. The van der Waals surface area contributed by atoms with Gasteiger partial charge in [0.15, 0.2) is 18.1 Å². The molecule has 0 bridgehead atoms. The molecule has 0 aromatic heterocycles. The van der Waals surface area contributed by atoms with E-state index in [2.05, 4.69) is 5.32 Å². The highest BCUT2D eigenvalue weighted by atomic mass is 127. The van der Waals surface area contributed by atoms with E-state index < -0.39 is 24.3 Å². The number of nitrogens with one attached hydrogen (secondary N) is 1. The van der Waals surface area contributed by atoms with Crippen molar-refractivity contribution in [2.24, 2.45) is 0 Å². The topological polar surface area (TPSA) is 64.6 Å². The fraction of sp³-hybridized carbons (Fsp3) is 0.222. The summed E-state index contributed by atoms with van der Waals surface area (Å²) in [7, 11) is 0. The molecule has 0 spiro atoms. The van der Waals surface area contributed by atoms with E-state index in [0.717, 1.165) is 12.1 Å². The van der Waals surface area contributed by atoms with Crippen LogP contribution < -0.4 is 14.8 Å². The number of aldehydes is 1. The number of alkyl halides is 3. The normalized spacial score (nSPS) is 11.0. The fourth-order valence-corrected chi connectivity index (χ4v) is 3.00. The second kappa shape index (κ2) is 9.07. The van der Waals surface area contributed by atoms with Gasteiger partial charge in [0.1, 0.15) is 6.29 Å². The molecule has 9 heteroatoms. The zero-order valence-electron chi connectivity index (χ0n) is 14.1. The Labute approximate surface area is 167 Å². The summed E-state index contributed by atoms with van der Waals surface area (Å²) in [5.74, 6) is -0.248. The number of para-hydroxylation sites is 1. The Morgan fingerprint density at radius 1 is 1.22 bits per heavy atom. The standard InChI is InChI=1S/C18H15F3INO4/c1-2-26-15-8-11(9-24)7-13(22)17(15)27-10-16(25)23-14-6-4-3-5-12(14)18(19,20)21/h3-9H,2,10H2,1H3,(H,23,25). The van der Waals surface area contributed by atoms with Gasteiger partial charge in [-0.3, -0.25) is 9.59 Å². The Morgan fingerprint density at radius 3 is 2.56 bits per heavy atom. The molecule has 0 saturated carbocycles. The molecule has 0 aliphatic rings. The molecule has 0 atom stereocenters. The molecule has 1 N–H and O–H groups in total. The first-order valence-electron chi connectivity index (χ1n) is 7.76. The van der Waals surface area contributed by atoms with Crippen LogP contribution in [0.2, 0.25) is 0 Å². The molecule has 2 aromatic rings. The Hall–Kier alpha value is -2.30. The van der Waals surface area contributed by atoms with Crippen LogP contribution >= 0.6 is 22.6 Å². The Morgan fingerprint density at radius 2 is 1.93 bits per heavy atom. The van der Waals surface area contributed by atoms with E-state index in [9.17, 15) is 22.8 Å². The predicted molar refractivity (Wildman–Crippen MR) is 101 cm³/mol. The lowest BCUT2D eigenvalue weighted by atomic mass is 10.1. The molecule has 5 nitrogen and oxygen atoms in total. The third-order valence-corrected chi connectivity index (χ3v) is 4.12. The van der Waals surface area contributed by atoms with Gasteiger partial charge in [0, 0.05) is 5.56 Å². The summed E-state index contributed by atoms with van der Waals surface area (Å²) in [6.07, 6.45) is -3.94. The van der Waals surface area contributed by atoms with Crippen molar-refractivity contribution in [1.82, 2.24) is 0 Å². The van der Waals surface area contributed by atoms with E-state index >= 15 is 0 Å². The first-order chi connectivity index (χ1) is 12.8. The van der Waals surface area contributed by atoms with Gasteiger partial charge in [-0.15, -0.1) is 0 Å². The van der Waals surface area contributed by atoms with Gasteiger partial charge < -0.3 is 14.8 Å². The fourth-order valence-electron chi connectivity index (χ4n) is 2.22. The minimum Gasteiger partial charge on any atom is -0.490 e. The van der Waals surface area contributed by atoms with E-state index in [4.69, 9.17) is 9.47 Å². The smallest absolute Gasteiger partial charge is 0.418 e. The van der Waals surface area contributed by atoms with Crippen LogP contribution in [0.4, 0.5) is 18.9 Å². The quantitative estimate of drug-likeness (QED) is 0.455. The summed E-state index contributed by atoms with van der Waals surface area (Å²) < 4.78 is 50.3. The number of halogens is 4. The van der Waals surface area contributed by atoms with Crippen LogP contribution in [0.1, 0.15) is 22.8 Å². The third kappa shape index (κ3) is 5.59. The molecule has 0 heterocycles. The van der Waals surface area contributed by atoms with Crippen LogP contribution in [0.15, 0.2) is 36.4 Å². The highest BCUT2D eigenvalue weighted by Crippen LogP contribution is 2.35. The molecule has 0 saturated heterocycles. The largest absolute Gasteiger partial charge is 0.490 e. The van der Waals surface area contributed by atoms with Crippen LogP contribution in [0.5, 0.6) is 11.5 Å². The summed E-state index contributed by atoms with van der Waals surface area (Å²) in [6.45, 7) is 1.52. The molecular weight excluding hydrogens is 478 g/mol. The lowest BCUT2D eigenvalue weighted by molar-refractivity contribution is -0.137. The van der Waals surface area contributed by atoms with E-state index in [-0.39, 0.29) is 17.2 Å². The summed E-state index contributed by atoms with van der Waals surface area (Å²) in [5, 5.41) is 2.20. The number of benzene rings is 2. The van der Waals surface area contributed by atoms with Gasteiger partial charge in [-0.1, -0.05) is 12.1 Å². The molecule has 27 heavy (non-hydrogen) atoms. The molecule has 2 rings (SSSR count). The van der Waals surface area contributed by atoms with Crippen molar-refractivity contribution in [3.63, 3.8) is 0 Å². The van der Waals surface area contributed by atoms with Crippen LogP contribution in [0, 0.1) is 3.57 Å².